The lowest BCUT2D eigenvalue weighted by atomic mass is 9.77. The molecule has 1 aliphatic heterocycles. The molecule has 1 atom stereocenters. The number of hydrogen-bond donors (Lipinski definition) is 1. The van der Waals surface area contributed by atoms with Gasteiger partial charge in [-0.05, 0) is 95.5 Å². The van der Waals surface area contributed by atoms with Crippen molar-refractivity contribution in [2.24, 2.45) is 5.92 Å². The van der Waals surface area contributed by atoms with Crippen molar-refractivity contribution in [1.82, 2.24) is 10.3 Å². The summed E-state index contributed by atoms with van der Waals surface area (Å²) in [6, 6.07) is 6.20. The fraction of sp³-hybridized carbons (Fsp3) is 0.476. The van der Waals surface area contributed by atoms with Gasteiger partial charge >= 0.3 is 0 Å². The highest BCUT2D eigenvalue weighted by Crippen LogP contribution is 2.45. The molecule has 1 unspecified atom stereocenters. The van der Waals surface area contributed by atoms with E-state index < -0.39 is 0 Å². The van der Waals surface area contributed by atoms with E-state index in [0.717, 1.165) is 53.3 Å². The van der Waals surface area contributed by atoms with Gasteiger partial charge in [0.05, 0.1) is 5.69 Å². The van der Waals surface area contributed by atoms with Gasteiger partial charge in [-0.3, -0.25) is 4.98 Å². The normalized spacial score (nSPS) is 19.7. The molecule has 5 heteroatoms. The van der Waals surface area contributed by atoms with Crippen LogP contribution in [0.4, 0.5) is 0 Å². The van der Waals surface area contributed by atoms with Crippen molar-refractivity contribution < 1.29 is 0 Å². The molecule has 26 heavy (non-hydrogen) atoms. The molecule has 1 aromatic heterocycles. The van der Waals surface area contributed by atoms with Gasteiger partial charge in [0.1, 0.15) is 0 Å². The van der Waals surface area contributed by atoms with E-state index in [4.69, 9.17) is 28.2 Å². The van der Waals surface area contributed by atoms with Gasteiger partial charge in [0.25, 0.3) is 0 Å². The molecule has 0 amide bonds. The zero-order valence-electron chi connectivity index (χ0n) is 15.3. The number of nitrogens with zero attached hydrogens (tertiary/aromatic N) is 1. The average molecular weight is 456 g/mol. The summed E-state index contributed by atoms with van der Waals surface area (Å²) >= 11 is 16.6. The number of fused-ring (bicyclic) bond motifs is 2. The predicted molar refractivity (Wildman–Crippen MR) is 115 cm³/mol. The first-order valence-corrected chi connectivity index (χ1v) is 11.0. The number of benzene rings is 1. The maximum atomic E-state index is 6.69. The van der Waals surface area contributed by atoms with E-state index >= 15 is 0 Å². The first-order valence-electron chi connectivity index (χ1n) is 9.46. The Balaban J connectivity index is 0.000000948. The number of hydrogen-bond acceptors (Lipinski definition) is 2. The van der Waals surface area contributed by atoms with Crippen molar-refractivity contribution in [3.8, 4) is 0 Å². The van der Waals surface area contributed by atoms with Crippen molar-refractivity contribution >= 4 is 39.1 Å². The van der Waals surface area contributed by atoms with Crippen LogP contribution < -0.4 is 5.32 Å². The van der Waals surface area contributed by atoms with Crippen LogP contribution in [0.2, 0.25) is 10.0 Å². The number of halogens is 3. The van der Waals surface area contributed by atoms with E-state index in [1.165, 1.54) is 22.4 Å². The molecule has 1 fully saturated rings. The molecule has 4 rings (SSSR count). The van der Waals surface area contributed by atoms with Gasteiger partial charge < -0.3 is 5.32 Å². The van der Waals surface area contributed by atoms with Crippen LogP contribution in [0.5, 0.6) is 0 Å². The van der Waals surface area contributed by atoms with Crippen LogP contribution in [-0.2, 0) is 12.8 Å². The van der Waals surface area contributed by atoms with Crippen molar-refractivity contribution in [3.63, 3.8) is 0 Å². The Labute approximate surface area is 174 Å². The molecular weight excluding hydrogens is 431 g/mol. The number of nitrogens with one attached hydrogen (secondary N) is 1. The smallest absolute Gasteiger partial charge is 0.0514 e. The fourth-order valence-corrected chi connectivity index (χ4v) is 5.24. The summed E-state index contributed by atoms with van der Waals surface area (Å²) in [5.74, 6) is 0.826. The van der Waals surface area contributed by atoms with Crippen LogP contribution in [0.3, 0.4) is 0 Å². The van der Waals surface area contributed by atoms with Gasteiger partial charge in [-0.25, -0.2) is 0 Å². The lowest BCUT2D eigenvalue weighted by Crippen LogP contribution is -2.32. The monoisotopic (exact) mass is 454 g/mol. The zero-order valence-corrected chi connectivity index (χ0v) is 18.4. The Hall–Kier alpha value is -0.610. The third-order valence-corrected chi connectivity index (χ3v) is 6.24. The molecule has 0 bridgehead atoms. The quantitative estimate of drug-likeness (QED) is 0.537. The van der Waals surface area contributed by atoms with Gasteiger partial charge in [-0.1, -0.05) is 37.0 Å². The van der Waals surface area contributed by atoms with Gasteiger partial charge in [-0.15, -0.1) is 0 Å². The minimum atomic E-state index is 0.262. The second kappa shape index (κ2) is 9.05. The third-order valence-electron chi connectivity index (χ3n) is 5.27. The molecule has 1 aromatic carbocycles. The van der Waals surface area contributed by atoms with E-state index in [2.05, 4.69) is 33.4 Å². The molecule has 2 nitrogen and oxygen atoms in total. The Morgan fingerprint density at radius 1 is 1.04 bits per heavy atom. The van der Waals surface area contributed by atoms with Crippen LogP contribution in [0.1, 0.15) is 55.0 Å². The molecule has 0 saturated carbocycles. The summed E-state index contributed by atoms with van der Waals surface area (Å²) in [7, 11) is 0. The van der Waals surface area contributed by atoms with Crippen LogP contribution in [-0.4, -0.2) is 18.1 Å². The van der Waals surface area contributed by atoms with E-state index in [1.807, 2.05) is 26.1 Å². The third kappa shape index (κ3) is 4.11. The van der Waals surface area contributed by atoms with Gasteiger partial charge in [-0.2, -0.15) is 0 Å². The van der Waals surface area contributed by atoms with Crippen LogP contribution in [0, 0.1) is 5.92 Å². The molecule has 0 spiro atoms. The van der Waals surface area contributed by atoms with Crippen molar-refractivity contribution in [2.75, 3.05) is 13.1 Å². The summed E-state index contributed by atoms with van der Waals surface area (Å²) in [5.41, 5.74) is 5.07. The highest BCUT2D eigenvalue weighted by molar-refractivity contribution is 9.10. The van der Waals surface area contributed by atoms with Crippen molar-refractivity contribution in [2.45, 2.75) is 45.4 Å². The predicted octanol–water partition coefficient (Wildman–Crippen LogP) is 6.41. The summed E-state index contributed by atoms with van der Waals surface area (Å²) in [4.78, 5) is 4.84. The Bertz CT molecular complexity index is 773. The Kier molecular flexibility index (Phi) is 7.01. The van der Waals surface area contributed by atoms with Crippen LogP contribution in [0.15, 0.2) is 28.9 Å². The number of pyridine rings is 1. The molecule has 2 heterocycles. The topological polar surface area (TPSA) is 24.9 Å². The number of aryl methyl sites for hydroxylation is 2. The second-order valence-corrected chi connectivity index (χ2v) is 8.48. The molecule has 1 aliphatic carbocycles. The molecule has 2 aromatic rings. The van der Waals surface area contributed by atoms with Gasteiger partial charge in [0, 0.05) is 26.6 Å². The average Bonchev–Trinajstić information content (AvgIpc) is 2.81. The standard InChI is InChI=1S/C19H19BrCl2N2.C2H6/c20-14-7-13-2-1-12-8-15(21)9-16(22)17(12)18(19(13)24-10-14)11-3-5-23-6-4-11;1-2/h7-11,18,23H,1-6H2;1-2H3. The summed E-state index contributed by atoms with van der Waals surface area (Å²) in [6.45, 7) is 6.13. The van der Waals surface area contributed by atoms with Crippen LogP contribution >= 0.6 is 39.1 Å². The number of aromatic nitrogens is 1. The minimum absolute atomic E-state index is 0.262. The van der Waals surface area contributed by atoms with Gasteiger partial charge in [0.2, 0.25) is 0 Å². The molecule has 2 aliphatic rings. The maximum Gasteiger partial charge on any atom is 0.0514 e. The Morgan fingerprint density at radius 3 is 2.46 bits per heavy atom. The van der Waals surface area contributed by atoms with E-state index in [1.54, 1.807) is 0 Å². The molecule has 0 radical (unpaired) electrons. The molecular formula is C21H25BrCl2N2. The van der Waals surface area contributed by atoms with E-state index in [9.17, 15) is 0 Å². The molecule has 1 N–H and O–H groups in total. The Morgan fingerprint density at radius 2 is 1.73 bits per heavy atom. The summed E-state index contributed by atoms with van der Waals surface area (Å²) in [6.07, 6.45) is 6.16. The largest absolute Gasteiger partial charge is 0.317 e. The lowest BCUT2D eigenvalue weighted by molar-refractivity contribution is 0.338. The number of piperidine rings is 1. The van der Waals surface area contributed by atoms with E-state index in [0.29, 0.717) is 5.92 Å². The molecule has 140 valence electrons. The highest BCUT2D eigenvalue weighted by atomic mass is 79.9. The second-order valence-electron chi connectivity index (χ2n) is 6.72. The van der Waals surface area contributed by atoms with Crippen molar-refractivity contribution in [1.29, 1.82) is 0 Å². The molecule has 1 saturated heterocycles. The SMILES string of the molecule is CC.Clc1cc(Cl)c2c(c1)CCc1cc(Br)cnc1C2C1CCNCC1. The lowest BCUT2D eigenvalue weighted by Gasteiger charge is -2.32. The highest BCUT2D eigenvalue weighted by Gasteiger charge is 2.34. The fourth-order valence-electron chi connectivity index (χ4n) is 4.21. The van der Waals surface area contributed by atoms with E-state index in [-0.39, 0.29) is 5.92 Å². The summed E-state index contributed by atoms with van der Waals surface area (Å²) < 4.78 is 1.04. The maximum absolute atomic E-state index is 6.69. The minimum Gasteiger partial charge on any atom is -0.317 e. The summed E-state index contributed by atoms with van der Waals surface area (Å²) in [5, 5.41) is 4.98. The number of rotatable bonds is 1. The van der Waals surface area contributed by atoms with Gasteiger partial charge in [0.15, 0.2) is 0 Å². The zero-order chi connectivity index (χ0) is 18.7. The first kappa shape index (κ1) is 20.1. The van der Waals surface area contributed by atoms with Crippen LogP contribution in [0.25, 0.3) is 0 Å². The first-order chi connectivity index (χ1) is 12.6. The van der Waals surface area contributed by atoms with Crippen molar-refractivity contribution in [3.05, 3.63) is 61.3 Å².